The lowest BCUT2D eigenvalue weighted by atomic mass is 9.92. The molecule has 0 aromatic carbocycles. The number of hydrogen-bond donors (Lipinski definition) is 1. The number of amides is 2. The maximum absolute atomic E-state index is 11.9. The third kappa shape index (κ3) is 5.44. The zero-order valence-corrected chi connectivity index (χ0v) is 11.5. The van der Waals surface area contributed by atoms with Crippen molar-refractivity contribution >= 4 is 23.6 Å². The summed E-state index contributed by atoms with van der Waals surface area (Å²) in [5.74, 6) is 2.08. The van der Waals surface area contributed by atoms with Crippen LogP contribution in [0.15, 0.2) is 0 Å². The number of hydrogen-bond acceptors (Lipinski definition) is 3. The molecule has 98 valence electrons. The smallest absolute Gasteiger partial charge is 0.227 e. The van der Waals surface area contributed by atoms with Crippen LogP contribution in [-0.4, -0.2) is 41.3 Å². The van der Waals surface area contributed by atoms with Crippen molar-refractivity contribution < 1.29 is 9.59 Å². The molecule has 0 aromatic rings. The third-order valence-corrected chi connectivity index (χ3v) is 3.91. The summed E-state index contributed by atoms with van der Waals surface area (Å²) in [6, 6.07) is 0. The molecule has 1 aliphatic rings. The van der Waals surface area contributed by atoms with E-state index in [9.17, 15) is 9.59 Å². The fraction of sp³-hybridized carbons (Fsp3) is 0.833. The van der Waals surface area contributed by atoms with Crippen LogP contribution in [0.4, 0.5) is 0 Å². The summed E-state index contributed by atoms with van der Waals surface area (Å²) >= 11 is 1.43. The Balaban J connectivity index is 2.24. The van der Waals surface area contributed by atoms with Gasteiger partial charge in [-0.2, -0.15) is 11.8 Å². The number of thioether (sulfide) groups is 1. The molecule has 0 bridgehead atoms. The minimum atomic E-state index is -0.317. The van der Waals surface area contributed by atoms with Gasteiger partial charge in [-0.15, -0.1) is 0 Å². The lowest BCUT2D eigenvalue weighted by molar-refractivity contribution is -0.133. The van der Waals surface area contributed by atoms with Crippen molar-refractivity contribution in [3.8, 4) is 0 Å². The molecule has 2 amide bonds. The fourth-order valence-electron chi connectivity index (χ4n) is 2.36. The van der Waals surface area contributed by atoms with E-state index in [0.717, 1.165) is 13.1 Å². The first-order chi connectivity index (χ1) is 7.99. The van der Waals surface area contributed by atoms with Gasteiger partial charge < -0.3 is 10.6 Å². The van der Waals surface area contributed by atoms with Crippen LogP contribution in [0.2, 0.25) is 0 Å². The van der Waals surface area contributed by atoms with Crippen LogP contribution in [0.3, 0.4) is 0 Å². The summed E-state index contributed by atoms with van der Waals surface area (Å²) in [6.45, 7) is 6.14. The quantitative estimate of drug-likeness (QED) is 0.751. The normalized spacial score (nSPS) is 24.7. The predicted octanol–water partition coefficient (Wildman–Crippen LogP) is 1.10. The van der Waals surface area contributed by atoms with Crippen LogP contribution in [0.1, 0.15) is 26.7 Å². The molecule has 0 aromatic heterocycles. The number of piperidine rings is 1. The first-order valence-electron chi connectivity index (χ1n) is 6.13. The monoisotopic (exact) mass is 258 g/mol. The molecule has 1 saturated heterocycles. The number of carbonyl (C=O) groups excluding carboxylic acids is 2. The predicted molar refractivity (Wildman–Crippen MR) is 70.7 cm³/mol. The zero-order chi connectivity index (χ0) is 12.8. The lowest BCUT2D eigenvalue weighted by Gasteiger charge is -2.35. The zero-order valence-electron chi connectivity index (χ0n) is 10.6. The van der Waals surface area contributed by atoms with E-state index in [2.05, 4.69) is 13.8 Å². The Bertz CT molecular complexity index is 274. The number of carbonyl (C=O) groups is 2. The molecule has 4 nitrogen and oxygen atoms in total. The summed E-state index contributed by atoms with van der Waals surface area (Å²) in [7, 11) is 0. The van der Waals surface area contributed by atoms with Gasteiger partial charge in [-0.1, -0.05) is 13.8 Å². The Labute approximate surface area is 107 Å². The summed E-state index contributed by atoms with van der Waals surface area (Å²) in [5.41, 5.74) is 5.03. The van der Waals surface area contributed by atoms with E-state index in [1.165, 1.54) is 18.2 Å². The maximum atomic E-state index is 11.9. The average Bonchev–Trinajstić information content (AvgIpc) is 2.22. The van der Waals surface area contributed by atoms with Crippen molar-refractivity contribution in [1.29, 1.82) is 0 Å². The van der Waals surface area contributed by atoms with Crippen molar-refractivity contribution in [2.45, 2.75) is 26.7 Å². The summed E-state index contributed by atoms with van der Waals surface area (Å²) in [5, 5.41) is 0. The largest absolute Gasteiger partial charge is 0.369 e. The Morgan fingerprint density at radius 1 is 1.29 bits per heavy atom. The van der Waals surface area contributed by atoms with E-state index in [4.69, 9.17) is 5.73 Å². The minimum absolute atomic E-state index is 0.209. The second kappa shape index (κ2) is 6.89. The van der Waals surface area contributed by atoms with Crippen molar-refractivity contribution in [3.63, 3.8) is 0 Å². The van der Waals surface area contributed by atoms with Crippen molar-refractivity contribution in [3.05, 3.63) is 0 Å². The number of likely N-dealkylation sites (tertiary alicyclic amines) is 1. The Kier molecular flexibility index (Phi) is 5.82. The first-order valence-corrected chi connectivity index (χ1v) is 7.28. The van der Waals surface area contributed by atoms with Crippen LogP contribution in [0, 0.1) is 11.8 Å². The van der Waals surface area contributed by atoms with Crippen molar-refractivity contribution in [1.82, 2.24) is 4.90 Å². The molecule has 17 heavy (non-hydrogen) atoms. The molecule has 0 aliphatic carbocycles. The van der Waals surface area contributed by atoms with Crippen LogP contribution in [0.25, 0.3) is 0 Å². The van der Waals surface area contributed by atoms with Gasteiger partial charge in [-0.25, -0.2) is 0 Å². The molecule has 2 N–H and O–H groups in total. The van der Waals surface area contributed by atoms with Gasteiger partial charge in [0, 0.05) is 25.3 Å². The Hall–Kier alpha value is -0.710. The molecular formula is C12H22N2O2S. The highest BCUT2D eigenvalue weighted by atomic mass is 32.2. The number of rotatable bonds is 5. The molecule has 2 atom stereocenters. The van der Waals surface area contributed by atoms with E-state index in [1.807, 2.05) is 4.90 Å². The highest BCUT2D eigenvalue weighted by Crippen LogP contribution is 2.21. The van der Waals surface area contributed by atoms with Gasteiger partial charge in [0.2, 0.25) is 11.8 Å². The van der Waals surface area contributed by atoms with E-state index in [1.54, 1.807) is 0 Å². The summed E-state index contributed by atoms with van der Waals surface area (Å²) < 4.78 is 0. The van der Waals surface area contributed by atoms with E-state index in [0.29, 0.717) is 29.8 Å². The molecule has 1 aliphatic heterocycles. The van der Waals surface area contributed by atoms with E-state index < -0.39 is 0 Å². The highest BCUT2D eigenvalue weighted by molar-refractivity contribution is 7.99. The van der Waals surface area contributed by atoms with Crippen LogP contribution < -0.4 is 5.73 Å². The van der Waals surface area contributed by atoms with Gasteiger partial charge in [0.25, 0.3) is 0 Å². The van der Waals surface area contributed by atoms with Gasteiger partial charge >= 0.3 is 0 Å². The van der Waals surface area contributed by atoms with Crippen LogP contribution in [-0.2, 0) is 9.59 Å². The SMILES string of the molecule is C[C@H]1C[C@H](C)CN(C(=O)CCSCC(N)=O)C1. The average molecular weight is 258 g/mol. The maximum Gasteiger partial charge on any atom is 0.227 e. The molecule has 1 heterocycles. The number of nitrogens with zero attached hydrogens (tertiary/aromatic N) is 1. The minimum Gasteiger partial charge on any atom is -0.369 e. The molecule has 0 saturated carbocycles. The molecular weight excluding hydrogens is 236 g/mol. The number of nitrogens with two attached hydrogens (primary N) is 1. The highest BCUT2D eigenvalue weighted by Gasteiger charge is 2.24. The van der Waals surface area contributed by atoms with Gasteiger partial charge in [0.15, 0.2) is 0 Å². The van der Waals surface area contributed by atoms with E-state index >= 15 is 0 Å². The summed E-state index contributed by atoms with van der Waals surface area (Å²) in [4.78, 5) is 24.4. The van der Waals surface area contributed by atoms with Gasteiger partial charge in [-0.3, -0.25) is 9.59 Å². The number of primary amides is 1. The Morgan fingerprint density at radius 3 is 2.41 bits per heavy atom. The lowest BCUT2D eigenvalue weighted by Crippen LogP contribution is -2.42. The van der Waals surface area contributed by atoms with Crippen molar-refractivity contribution in [2.75, 3.05) is 24.6 Å². The Morgan fingerprint density at radius 2 is 1.88 bits per heavy atom. The molecule has 1 fully saturated rings. The first kappa shape index (κ1) is 14.4. The van der Waals surface area contributed by atoms with Gasteiger partial charge in [0.05, 0.1) is 5.75 Å². The topological polar surface area (TPSA) is 63.4 Å². The molecule has 0 unspecified atom stereocenters. The molecule has 0 radical (unpaired) electrons. The third-order valence-electron chi connectivity index (χ3n) is 2.93. The van der Waals surface area contributed by atoms with Crippen molar-refractivity contribution in [2.24, 2.45) is 17.6 Å². The molecule has 5 heteroatoms. The molecule has 0 spiro atoms. The second-order valence-corrected chi connectivity index (χ2v) is 6.12. The van der Waals surface area contributed by atoms with E-state index in [-0.39, 0.29) is 11.8 Å². The van der Waals surface area contributed by atoms with Crippen LogP contribution >= 0.6 is 11.8 Å². The molecule has 1 rings (SSSR count). The van der Waals surface area contributed by atoms with Crippen LogP contribution in [0.5, 0.6) is 0 Å². The fourth-order valence-corrected chi connectivity index (χ4v) is 3.02. The van der Waals surface area contributed by atoms with Gasteiger partial charge in [0.1, 0.15) is 0 Å². The second-order valence-electron chi connectivity index (χ2n) is 5.01. The standard InChI is InChI=1S/C12H22N2O2S/c1-9-5-10(2)7-14(6-9)12(16)3-4-17-8-11(13)15/h9-10H,3-8H2,1-2H3,(H2,13,15)/t9-,10-/m0/s1. The van der Waals surface area contributed by atoms with Gasteiger partial charge in [-0.05, 0) is 18.3 Å². The summed E-state index contributed by atoms with van der Waals surface area (Å²) in [6.07, 6.45) is 1.72.